The number of allylic oxidation sites excluding steroid dienone is 1. The molecule has 1 amide bonds. The number of esters is 1. The monoisotopic (exact) mass is 710 g/mol. The van der Waals surface area contributed by atoms with Crippen LogP contribution in [-0.4, -0.2) is 55.7 Å². The topological polar surface area (TPSA) is 77.8 Å². The second-order valence-corrected chi connectivity index (χ2v) is 19.5. The van der Waals surface area contributed by atoms with Gasteiger partial charge in [0.1, 0.15) is 11.5 Å². The number of amides is 1. The highest BCUT2D eigenvalue weighted by atomic mass is 28.4. The number of carbonyl (C=O) groups excluding carboxylic acids is 3. The molecule has 4 rings (SSSR count). The SMILES string of the molecule is COC(=O)C[C@H](CC(=O)/C=C/c1c(-c2ccc(F)cc2)c(-c2ccccc2)c(C(=O)N(C)Cc2ccccc2)n1C(C)C)O[Si](C)(C)C(C)(C)C. The molecule has 0 bridgehead atoms. The van der Waals surface area contributed by atoms with Crippen LogP contribution in [-0.2, 0) is 25.3 Å². The van der Waals surface area contributed by atoms with Gasteiger partial charge < -0.3 is 18.6 Å². The van der Waals surface area contributed by atoms with Crippen molar-refractivity contribution in [3.05, 3.63) is 114 Å². The van der Waals surface area contributed by atoms with Crippen LogP contribution in [0.1, 0.15) is 75.2 Å². The zero-order valence-corrected chi connectivity index (χ0v) is 32.3. The number of benzene rings is 3. The van der Waals surface area contributed by atoms with Gasteiger partial charge in [0.25, 0.3) is 5.91 Å². The van der Waals surface area contributed by atoms with Crippen molar-refractivity contribution in [2.45, 2.75) is 84.3 Å². The Labute approximate surface area is 303 Å². The Balaban J connectivity index is 1.90. The van der Waals surface area contributed by atoms with E-state index < -0.39 is 20.4 Å². The summed E-state index contributed by atoms with van der Waals surface area (Å²) >= 11 is 0. The minimum absolute atomic E-state index is 0.0243. The zero-order chi connectivity index (χ0) is 37.5. The number of rotatable bonds is 14. The number of nitrogens with zero attached hydrogens (tertiary/aromatic N) is 2. The van der Waals surface area contributed by atoms with E-state index in [9.17, 15) is 18.8 Å². The van der Waals surface area contributed by atoms with Crippen molar-refractivity contribution in [3.8, 4) is 22.3 Å². The van der Waals surface area contributed by atoms with E-state index in [4.69, 9.17) is 9.16 Å². The van der Waals surface area contributed by atoms with Crippen molar-refractivity contribution < 1.29 is 27.9 Å². The zero-order valence-electron chi connectivity index (χ0n) is 31.3. The fourth-order valence-electron chi connectivity index (χ4n) is 5.90. The summed E-state index contributed by atoms with van der Waals surface area (Å²) < 4.78 is 27.8. The molecular weight excluding hydrogens is 660 g/mol. The van der Waals surface area contributed by atoms with Gasteiger partial charge in [0.05, 0.1) is 25.3 Å². The third kappa shape index (κ3) is 9.59. The Morgan fingerprint density at radius 3 is 1.98 bits per heavy atom. The van der Waals surface area contributed by atoms with Crippen molar-refractivity contribution in [1.29, 1.82) is 0 Å². The molecule has 0 radical (unpaired) electrons. The number of hydrogen-bond acceptors (Lipinski definition) is 5. The summed E-state index contributed by atoms with van der Waals surface area (Å²) in [7, 11) is 0.767. The van der Waals surface area contributed by atoms with Gasteiger partial charge in [-0.2, -0.15) is 0 Å². The normalized spacial score (nSPS) is 12.7. The fraction of sp³-hybridized carbons (Fsp3) is 0.357. The maximum absolute atomic E-state index is 14.6. The maximum Gasteiger partial charge on any atom is 0.308 e. The number of ketones is 1. The summed E-state index contributed by atoms with van der Waals surface area (Å²) in [4.78, 5) is 42.5. The van der Waals surface area contributed by atoms with E-state index in [0.29, 0.717) is 34.6 Å². The van der Waals surface area contributed by atoms with Crippen LogP contribution in [0, 0.1) is 5.82 Å². The van der Waals surface area contributed by atoms with Gasteiger partial charge in [0.15, 0.2) is 14.1 Å². The predicted octanol–water partition coefficient (Wildman–Crippen LogP) is 9.74. The second-order valence-electron chi connectivity index (χ2n) is 14.8. The van der Waals surface area contributed by atoms with E-state index in [1.165, 1.54) is 25.3 Å². The highest BCUT2D eigenvalue weighted by molar-refractivity contribution is 6.74. The number of halogens is 1. The van der Waals surface area contributed by atoms with Gasteiger partial charge in [0.2, 0.25) is 0 Å². The molecule has 0 unspecified atom stereocenters. The van der Waals surface area contributed by atoms with E-state index in [2.05, 4.69) is 33.9 Å². The molecular formula is C42H51FN2O5Si. The number of ether oxygens (including phenoxy) is 1. The van der Waals surface area contributed by atoms with E-state index in [0.717, 1.165) is 11.1 Å². The molecule has 9 heteroatoms. The van der Waals surface area contributed by atoms with Crippen LogP contribution in [0.25, 0.3) is 28.3 Å². The summed E-state index contributed by atoms with van der Waals surface area (Å²) in [6, 6.07) is 25.4. The van der Waals surface area contributed by atoms with Gasteiger partial charge in [-0.25, -0.2) is 4.39 Å². The van der Waals surface area contributed by atoms with Gasteiger partial charge in [-0.3, -0.25) is 14.4 Å². The maximum atomic E-state index is 14.6. The Bertz CT molecular complexity index is 1840. The van der Waals surface area contributed by atoms with E-state index in [-0.39, 0.29) is 41.4 Å². The molecule has 0 spiro atoms. The summed E-state index contributed by atoms with van der Waals surface area (Å²) in [5, 5.41) is -0.132. The lowest BCUT2D eigenvalue weighted by Gasteiger charge is -2.39. The molecule has 1 heterocycles. The Morgan fingerprint density at radius 2 is 1.43 bits per heavy atom. The first-order valence-electron chi connectivity index (χ1n) is 17.4. The lowest BCUT2D eigenvalue weighted by molar-refractivity contribution is -0.142. The summed E-state index contributed by atoms with van der Waals surface area (Å²) in [5.74, 6) is -1.26. The van der Waals surface area contributed by atoms with E-state index >= 15 is 0 Å². The summed E-state index contributed by atoms with van der Waals surface area (Å²) in [5.41, 5.74) is 5.00. The standard InChI is InChI=1S/C42H51FN2O5Si/c1-29(2)45-36(25-24-34(46)26-35(27-37(47)49-7)50-51(8,9)42(3,4)5)38(32-20-22-33(43)23-21-32)39(31-18-14-11-15-19-31)40(45)41(48)44(6)28-30-16-12-10-13-17-30/h10-25,29,35H,26-28H2,1-9H3/b25-24+/t35-/m0/s1. The molecule has 0 saturated carbocycles. The molecule has 1 aromatic heterocycles. The van der Waals surface area contributed by atoms with Crippen LogP contribution in [0.5, 0.6) is 0 Å². The molecule has 0 fully saturated rings. The van der Waals surface area contributed by atoms with Crippen LogP contribution in [0.2, 0.25) is 18.1 Å². The fourth-order valence-corrected chi connectivity index (χ4v) is 7.26. The van der Waals surface area contributed by atoms with Crippen molar-refractivity contribution in [2.24, 2.45) is 0 Å². The molecule has 7 nitrogen and oxygen atoms in total. The van der Waals surface area contributed by atoms with Crippen LogP contribution in [0.15, 0.2) is 91.0 Å². The van der Waals surface area contributed by atoms with E-state index in [1.807, 2.05) is 79.1 Å². The van der Waals surface area contributed by atoms with Gasteiger partial charge in [-0.1, -0.05) is 93.6 Å². The Morgan fingerprint density at radius 1 is 0.863 bits per heavy atom. The molecule has 0 aliphatic rings. The lowest BCUT2D eigenvalue weighted by atomic mass is 9.94. The van der Waals surface area contributed by atoms with E-state index in [1.54, 1.807) is 30.2 Å². The van der Waals surface area contributed by atoms with Gasteiger partial charge >= 0.3 is 5.97 Å². The number of methoxy groups -OCH3 is 1. The minimum atomic E-state index is -2.34. The first-order valence-corrected chi connectivity index (χ1v) is 20.3. The van der Waals surface area contributed by atoms with Gasteiger partial charge in [0, 0.05) is 37.2 Å². The van der Waals surface area contributed by atoms with Crippen molar-refractivity contribution >= 4 is 32.1 Å². The van der Waals surface area contributed by atoms with Crippen LogP contribution >= 0.6 is 0 Å². The van der Waals surface area contributed by atoms with Crippen LogP contribution in [0.4, 0.5) is 4.39 Å². The van der Waals surface area contributed by atoms with Crippen molar-refractivity contribution in [2.75, 3.05) is 14.2 Å². The molecule has 3 aromatic carbocycles. The van der Waals surface area contributed by atoms with Crippen LogP contribution in [0.3, 0.4) is 0 Å². The van der Waals surface area contributed by atoms with Crippen molar-refractivity contribution in [3.63, 3.8) is 0 Å². The average molecular weight is 711 g/mol. The lowest BCUT2D eigenvalue weighted by Crippen LogP contribution is -2.44. The quantitative estimate of drug-likeness (QED) is 0.0740. The highest BCUT2D eigenvalue weighted by Gasteiger charge is 2.40. The van der Waals surface area contributed by atoms with Crippen molar-refractivity contribution in [1.82, 2.24) is 9.47 Å². The number of hydrogen-bond donors (Lipinski definition) is 0. The van der Waals surface area contributed by atoms with Gasteiger partial charge in [-0.05, 0) is 73.0 Å². The first-order chi connectivity index (χ1) is 24.0. The molecule has 1 atom stereocenters. The largest absolute Gasteiger partial charge is 0.469 e. The van der Waals surface area contributed by atoms with Gasteiger partial charge in [-0.15, -0.1) is 0 Å². The average Bonchev–Trinajstić information content (AvgIpc) is 3.42. The molecule has 0 saturated heterocycles. The summed E-state index contributed by atoms with van der Waals surface area (Å²) in [6.45, 7) is 14.9. The first kappa shape index (κ1) is 39.2. The summed E-state index contributed by atoms with van der Waals surface area (Å²) in [6.07, 6.45) is 2.51. The molecule has 0 N–H and O–H groups in total. The predicted molar refractivity (Wildman–Crippen MR) is 205 cm³/mol. The molecule has 0 aliphatic heterocycles. The molecule has 0 aliphatic carbocycles. The molecule has 270 valence electrons. The van der Waals surface area contributed by atoms with Crippen LogP contribution < -0.4 is 0 Å². The minimum Gasteiger partial charge on any atom is -0.469 e. The highest BCUT2D eigenvalue weighted by Crippen LogP contribution is 2.43. The molecule has 51 heavy (non-hydrogen) atoms. The molecule has 4 aromatic rings. The Hall–Kier alpha value is -4.60. The third-order valence-corrected chi connectivity index (χ3v) is 14.0. The third-order valence-electron chi connectivity index (χ3n) is 9.51. The number of aromatic nitrogens is 1. The smallest absolute Gasteiger partial charge is 0.308 e. The second kappa shape index (κ2) is 16.6. The number of carbonyl (C=O) groups is 3. The Kier molecular flexibility index (Phi) is 12.8.